The van der Waals surface area contributed by atoms with Crippen molar-refractivity contribution in [1.82, 2.24) is 0 Å². The van der Waals surface area contributed by atoms with Gasteiger partial charge in [-0.15, -0.1) is 0 Å². The molecule has 1 heterocycles. The summed E-state index contributed by atoms with van der Waals surface area (Å²) in [6.45, 7) is 1.23. The number of hydrogen-bond donors (Lipinski definition) is 1. The highest BCUT2D eigenvalue weighted by atomic mass is 16.3. The maximum Gasteiger partial charge on any atom is 0.266 e. The van der Waals surface area contributed by atoms with Gasteiger partial charge in [-0.2, -0.15) is 0 Å². The van der Waals surface area contributed by atoms with Crippen LogP contribution in [0.5, 0.6) is 0 Å². The molecule has 15 heavy (non-hydrogen) atoms. The van der Waals surface area contributed by atoms with E-state index in [1.165, 1.54) is 11.8 Å². The number of hydrogen-bond acceptors (Lipinski definition) is 3. The molecule has 1 atom stereocenters. The highest BCUT2D eigenvalue weighted by molar-refractivity contribution is 6.26. The van der Waals surface area contributed by atoms with Crippen molar-refractivity contribution in [3.05, 3.63) is 29.8 Å². The minimum Gasteiger partial charge on any atom is -0.373 e. The highest BCUT2D eigenvalue weighted by Gasteiger charge is 2.46. The van der Waals surface area contributed by atoms with Crippen LogP contribution in [0, 0.1) is 0 Å². The molecular weight excluding hydrogens is 194 g/mol. The molecule has 0 spiro atoms. The monoisotopic (exact) mass is 205 g/mol. The SMILES string of the molecule is CN1C(=O)[C@](C)(O)C(=O)c2ccccc21. The van der Waals surface area contributed by atoms with Crippen LogP contribution in [0.4, 0.5) is 5.69 Å². The number of ketones is 1. The molecule has 0 unspecified atom stereocenters. The van der Waals surface area contributed by atoms with Gasteiger partial charge in [0.15, 0.2) is 0 Å². The number of aliphatic hydroxyl groups is 1. The summed E-state index contributed by atoms with van der Waals surface area (Å²) in [5.41, 5.74) is -1.02. The van der Waals surface area contributed by atoms with Gasteiger partial charge in [0.05, 0.1) is 5.69 Å². The topological polar surface area (TPSA) is 57.6 Å². The molecule has 4 heteroatoms. The van der Waals surface area contributed by atoms with Gasteiger partial charge in [0.25, 0.3) is 5.91 Å². The summed E-state index contributed by atoms with van der Waals surface area (Å²) in [7, 11) is 1.54. The van der Waals surface area contributed by atoms with Gasteiger partial charge in [-0.3, -0.25) is 9.59 Å². The maximum atomic E-state index is 11.8. The lowest BCUT2D eigenvalue weighted by molar-refractivity contribution is -0.131. The number of carbonyl (C=O) groups is 2. The smallest absolute Gasteiger partial charge is 0.266 e. The maximum absolute atomic E-state index is 11.8. The van der Waals surface area contributed by atoms with Gasteiger partial charge >= 0.3 is 0 Å². The Labute approximate surface area is 87.1 Å². The van der Waals surface area contributed by atoms with Crippen molar-refractivity contribution in [1.29, 1.82) is 0 Å². The first-order chi connectivity index (χ1) is 6.96. The fourth-order valence-electron chi connectivity index (χ4n) is 1.75. The zero-order chi connectivity index (χ0) is 11.2. The van der Waals surface area contributed by atoms with E-state index in [2.05, 4.69) is 0 Å². The highest BCUT2D eigenvalue weighted by Crippen LogP contribution is 2.31. The van der Waals surface area contributed by atoms with E-state index in [0.29, 0.717) is 11.3 Å². The first kappa shape index (κ1) is 9.86. The molecule has 0 bridgehead atoms. The molecule has 1 amide bonds. The largest absolute Gasteiger partial charge is 0.373 e. The molecule has 1 aromatic rings. The van der Waals surface area contributed by atoms with Crippen molar-refractivity contribution in [3.63, 3.8) is 0 Å². The lowest BCUT2D eigenvalue weighted by Gasteiger charge is -2.33. The third-order valence-electron chi connectivity index (χ3n) is 2.67. The van der Waals surface area contributed by atoms with Crippen LogP contribution in [-0.2, 0) is 4.79 Å². The number of amides is 1. The summed E-state index contributed by atoms with van der Waals surface area (Å²) >= 11 is 0. The number of anilines is 1. The molecule has 1 N–H and O–H groups in total. The van der Waals surface area contributed by atoms with Gasteiger partial charge in [-0.05, 0) is 19.1 Å². The normalized spacial score (nSPS) is 25.4. The van der Waals surface area contributed by atoms with Crippen LogP contribution >= 0.6 is 0 Å². The van der Waals surface area contributed by atoms with Crippen LogP contribution in [0.15, 0.2) is 24.3 Å². The number of rotatable bonds is 0. The van der Waals surface area contributed by atoms with Gasteiger partial charge in [0, 0.05) is 12.6 Å². The Morgan fingerprint density at radius 2 is 1.87 bits per heavy atom. The van der Waals surface area contributed by atoms with Gasteiger partial charge < -0.3 is 10.0 Å². The van der Waals surface area contributed by atoms with Crippen molar-refractivity contribution in [2.45, 2.75) is 12.5 Å². The van der Waals surface area contributed by atoms with Crippen LogP contribution in [0.3, 0.4) is 0 Å². The van der Waals surface area contributed by atoms with E-state index in [1.54, 1.807) is 31.3 Å². The number of fused-ring (bicyclic) bond motifs is 1. The van der Waals surface area contributed by atoms with E-state index < -0.39 is 17.3 Å². The first-order valence-electron chi connectivity index (χ1n) is 4.60. The summed E-state index contributed by atoms with van der Waals surface area (Å²) in [6, 6.07) is 6.74. The molecule has 0 radical (unpaired) electrons. The van der Waals surface area contributed by atoms with E-state index in [0.717, 1.165) is 0 Å². The summed E-state index contributed by atoms with van der Waals surface area (Å²) in [4.78, 5) is 24.8. The van der Waals surface area contributed by atoms with E-state index in [-0.39, 0.29) is 0 Å². The third kappa shape index (κ3) is 1.18. The van der Waals surface area contributed by atoms with E-state index in [9.17, 15) is 14.7 Å². The Morgan fingerprint density at radius 1 is 1.27 bits per heavy atom. The van der Waals surface area contributed by atoms with Crippen LogP contribution in [0.2, 0.25) is 0 Å². The molecule has 1 aliphatic heterocycles. The summed E-state index contributed by atoms with van der Waals surface area (Å²) < 4.78 is 0. The molecule has 0 saturated carbocycles. The molecule has 4 nitrogen and oxygen atoms in total. The average molecular weight is 205 g/mol. The average Bonchev–Trinajstić information content (AvgIpc) is 2.24. The van der Waals surface area contributed by atoms with Crippen molar-refractivity contribution in [3.8, 4) is 0 Å². The fraction of sp³-hybridized carbons (Fsp3) is 0.273. The van der Waals surface area contributed by atoms with Gasteiger partial charge in [-0.1, -0.05) is 12.1 Å². The second-order valence-corrected chi connectivity index (χ2v) is 3.78. The predicted molar refractivity (Wildman–Crippen MR) is 54.8 cm³/mol. The predicted octanol–water partition coefficient (Wildman–Crippen LogP) is 0.597. The van der Waals surface area contributed by atoms with Crippen molar-refractivity contribution in [2.75, 3.05) is 11.9 Å². The summed E-state index contributed by atoms with van der Waals surface area (Å²) in [6.07, 6.45) is 0. The first-order valence-corrected chi connectivity index (χ1v) is 4.60. The summed E-state index contributed by atoms with van der Waals surface area (Å²) in [5, 5.41) is 9.79. The fourth-order valence-corrected chi connectivity index (χ4v) is 1.75. The van der Waals surface area contributed by atoms with Gasteiger partial charge in [-0.25, -0.2) is 0 Å². The molecule has 0 aliphatic carbocycles. The number of nitrogens with zero attached hydrogens (tertiary/aromatic N) is 1. The Balaban J connectivity index is 2.68. The van der Waals surface area contributed by atoms with Gasteiger partial charge in [0.2, 0.25) is 11.4 Å². The molecule has 1 aliphatic rings. The third-order valence-corrected chi connectivity index (χ3v) is 2.67. The Hall–Kier alpha value is -1.68. The van der Waals surface area contributed by atoms with Crippen LogP contribution in [-0.4, -0.2) is 29.4 Å². The molecule has 0 aromatic heterocycles. The molecule has 1 aromatic carbocycles. The minimum atomic E-state index is -1.94. The minimum absolute atomic E-state index is 0.379. The Bertz CT molecular complexity index is 451. The summed E-state index contributed by atoms with van der Waals surface area (Å²) in [5.74, 6) is -1.13. The quantitative estimate of drug-likeness (QED) is 0.631. The number of Topliss-reactive ketones (excluding diaryl/α,β-unsaturated/α-hetero) is 1. The Kier molecular flexibility index (Phi) is 1.91. The second kappa shape index (κ2) is 2.90. The second-order valence-electron chi connectivity index (χ2n) is 3.78. The molecule has 78 valence electrons. The van der Waals surface area contributed by atoms with E-state index >= 15 is 0 Å². The van der Waals surface area contributed by atoms with Crippen LogP contribution in [0.1, 0.15) is 17.3 Å². The standard InChI is InChI=1S/C11H11NO3/c1-11(15)9(13)7-5-3-4-6-8(7)12(2)10(11)14/h3-6,15H,1-2H3/t11-/m1/s1. The van der Waals surface area contributed by atoms with E-state index in [1.807, 2.05) is 0 Å². The van der Waals surface area contributed by atoms with E-state index in [4.69, 9.17) is 0 Å². The molecule has 0 fully saturated rings. The van der Waals surface area contributed by atoms with Crippen molar-refractivity contribution in [2.24, 2.45) is 0 Å². The Morgan fingerprint density at radius 3 is 2.53 bits per heavy atom. The molecular formula is C11H11NO3. The number of para-hydroxylation sites is 1. The van der Waals surface area contributed by atoms with Gasteiger partial charge in [0.1, 0.15) is 0 Å². The molecule has 0 saturated heterocycles. The number of likely N-dealkylation sites (N-methyl/N-ethyl adjacent to an activating group) is 1. The van der Waals surface area contributed by atoms with Crippen LogP contribution in [0.25, 0.3) is 0 Å². The number of benzene rings is 1. The zero-order valence-electron chi connectivity index (χ0n) is 8.52. The van der Waals surface area contributed by atoms with Crippen molar-refractivity contribution < 1.29 is 14.7 Å². The zero-order valence-corrected chi connectivity index (χ0v) is 8.52. The lowest BCUT2D eigenvalue weighted by Crippen LogP contribution is -2.55. The number of carbonyl (C=O) groups excluding carboxylic acids is 2. The van der Waals surface area contributed by atoms with Crippen LogP contribution < -0.4 is 4.90 Å². The lowest BCUT2D eigenvalue weighted by atomic mass is 9.88. The molecule has 2 rings (SSSR count). The van der Waals surface area contributed by atoms with Crippen molar-refractivity contribution >= 4 is 17.4 Å².